The van der Waals surface area contributed by atoms with E-state index < -0.39 is 41.8 Å². The van der Waals surface area contributed by atoms with Gasteiger partial charge in [0.2, 0.25) is 0 Å². The number of aromatic nitrogens is 1. The third-order valence-corrected chi connectivity index (χ3v) is 5.96. The lowest BCUT2D eigenvalue weighted by molar-refractivity contribution is -0.151. The van der Waals surface area contributed by atoms with Gasteiger partial charge in [0.05, 0.1) is 0 Å². The molecule has 3 rings (SSSR count). The van der Waals surface area contributed by atoms with Crippen molar-refractivity contribution in [1.82, 2.24) is 15.4 Å². The monoisotopic (exact) mass is 516 g/mol. The molecule has 1 saturated heterocycles. The zero-order chi connectivity index (χ0) is 22.7. The number of carbonyl (C=O) groups is 4. The Labute approximate surface area is 188 Å². The molecule has 3 heterocycles. The van der Waals surface area contributed by atoms with E-state index in [0.717, 1.165) is 4.90 Å². The van der Waals surface area contributed by atoms with Crippen LogP contribution in [-0.2, 0) is 28.8 Å². The van der Waals surface area contributed by atoms with Crippen LogP contribution < -0.4 is 5.32 Å². The van der Waals surface area contributed by atoms with E-state index in [9.17, 15) is 24.3 Å². The standard InChI is InChI=1S/C17H17BrN4O8S/c1-7(10-3-11(18)21-30-10)20-29-5-12(24)19-13-15(25)22-14(17(26)27)9(4-28-8(2)23)6-31-16(13)22/h3,13,16H,4-6H2,1-2H3,(H,19,24)(H,26,27)/b20-7+/t13-,16-/m1/s1. The third kappa shape index (κ3) is 5.07. The summed E-state index contributed by atoms with van der Waals surface area (Å²) in [7, 11) is 0. The minimum atomic E-state index is -1.31. The largest absolute Gasteiger partial charge is 0.477 e. The Kier molecular flexibility index (Phi) is 7.00. The first kappa shape index (κ1) is 22.8. The van der Waals surface area contributed by atoms with Crippen molar-refractivity contribution in [3.8, 4) is 0 Å². The van der Waals surface area contributed by atoms with Crippen LogP contribution >= 0.6 is 27.7 Å². The lowest BCUT2D eigenvalue weighted by Crippen LogP contribution is -2.70. The number of β-lactam (4-membered cyclic amide) rings is 1. The highest BCUT2D eigenvalue weighted by Crippen LogP contribution is 2.40. The van der Waals surface area contributed by atoms with Crippen molar-refractivity contribution < 1.29 is 38.4 Å². The van der Waals surface area contributed by atoms with Crippen LogP contribution in [0.3, 0.4) is 0 Å². The highest BCUT2D eigenvalue weighted by atomic mass is 79.9. The molecule has 31 heavy (non-hydrogen) atoms. The summed E-state index contributed by atoms with van der Waals surface area (Å²) in [6.07, 6.45) is 0. The van der Waals surface area contributed by atoms with Gasteiger partial charge in [-0.1, -0.05) is 10.3 Å². The fourth-order valence-electron chi connectivity index (χ4n) is 2.86. The van der Waals surface area contributed by atoms with Crippen molar-refractivity contribution >= 4 is 57.2 Å². The Morgan fingerprint density at radius 1 is 1.45 bits per heavy atom. The molecule has 2 N–H and O–H groups in total. The highest BCUT2D eigenvalue weighted by Gasteiger charge is 2.54. The molecule has 2 atom stereocenters. The van der Waals surface area contributed by atoms with Crippen molar-refractivity contribution in [3.63, 3.8) is 0 Å². The number of hydrogen-bond acceptors (Lipinski definition) is 10. The van der Waals surface area contributed by atoms with Gasteiger partial charge in [0.1, 0.15) is 34.0 Å². The zero-order valence-electron chi connectivity index (χ0n) is 16.3. The number of thioether (sulfide) groups is 1. The number of carboxylic acid groups (broad SMARTS) is 1. The fraction of sp³-hybridized carbons (Fsp3) is 0.412. The first-order chi connectivity index (χ1) is 14.7. The van der Waals surface area contributed by atoms with Gasteiger partial charge >= 0.3 is 11.9 Å². The molecule has 0 saturated carbocycles. The summed E-state index contributed by atoms with van der Waals surface area (Å²) in [4.78, 5) is 53.4. The maximum atomic E-state index is 12.5. The summed E-state index contributed by atoms with van der Waals surface area (Å²) in [5.74, 6) is -2.44. The molecule has 1 fully saturated rings. The summed E-state index contributed by atoms with van der Waals surface area (Å²) < 4.78 is 10.3. The molecule has 0 spiro atoms. The average molecular weight is 517 g/mol. The van der Waals surface area contributed by atoms with Crippen molar-refractivity contribution in [2.24, 2.45) is 5.16 Å². The number of halogens is 1. The highest BCUT2D eigenvalue weighted by molar-refractivity contribution is 9.10. The quantitative estimate of drug-likeness (QED) is 0.215. The molecule has 166 valence electrons. The van der Waals surface area contributed by atoms with Gasteiger partial charge in [-0.2, -0.15) is 0 Å². The number of fused-ring (bicyclic) bond motifs is 1. The lowest BCUT2D eigenvalue weighted by Gasteiger charge is -2.49. The Hall–Kier alpha value is -2.87. The zero-order valence-corrected chi connectivity index (χ0v) is 18.7. The van der Waals surface area contributed by atoms with Crippen molar-refractivity contribution in [2.75, 3.05) is 19.0 Å². The number of amides is 2. The lowest BCUT2D eigenvalue weighted by atomic mass is 10.0. The van der Waals surface area contributed by atoms with E-state index in [0.29, 0.717) is 21.6 Å². The SMILES string of the molecule is CC(=O)OCC1=C(C(=O)O)N2C(=O)[C@@H](NC(=O)CO/N=C(\C)c3cc(Br)no3)[C@H]2SC1. The van der Waals surface area contributed by atoms with Crippen LogP contribution in [0.1, 0.15) is 19.6 Å². The molecule has 0 bridgehead atoms. The molecule has 2 amide bonds. The van der Waals surface area contributed by atoms with Gasteiger partial charge < -0.3 is 24.5 Å². The van der Waals surface area contributed by atoms with Crippen molar-refractivity contribution in [1.29, 1.82) is 0 Å². The number of carboxylic acids is 1. The van der Waals surface area contributed by atoms with Crippen LogP contribution in [0.2, 0.25) is 0 Å². The Morgan fingerprint density at radius 2 is 2.19 bits per heavy atom. The molecule has 0 radical (unpaired) electrons. The maximum Gasteiger partial charge on any atom is 0.352 e. The van der Waals surface area contributed by atoms with Crippen LogP contribution in [-0.4, -0.2) is 75.0 Å². The van der Waals surface area contributed by atoms with Crippen LogP contribution in [0.5, 0.6) is 0 Å². The van der Waals surface area contributed by atoms with Crippen molar-refractivity contribution in [2.45, 2.75) is 25.3 Å². The van der Waals surface area contributed by atoms with E-state index >= 15 is 0 Å². The Balaban J connectivity index is 1.57. The number of nitrogens with zero attached hydrogens (tertiary/aromatic N) is 3. The summed E-state index contributed by atoms with van der Waals surface area (Å²) in [6, 6.07) is 0.675. The molecule has 1 aromatic rings. The predicted octanol–water partition coefficient (Wildman–Crippen LogP) is 0.479. The second kappa shape index (κ2) is 9.51. The predicted molar refractivity (Wildman–Crippen MR) is 109 cm³/mol. The number of aliphatic carboxylic acids is 1. The van der Waals surface area contributed by atoms with E-state index in [2.05, 4.69) is 31.6 Å². The number of carbonyl (C=O) groups excluding carboxylic acids is 3. The van der Waals surface area contributed by atoms with Crippen LogP contribution in [0.4, 0.5) is 0 Å². The molecule has 2 aliphatic rings. The number of ether oxygens (including phenoxy) is 1. The van der Waals surface area contributed by atoms with Gasteiger partial charge in [-0.15, -0.1) is 11.8 Å². The molecule has 14 heteroatoms. The molecule has 0 aliphatic carbocycles. The second-order valence-corrected chi connectivity index (χ2v) is 8.37. The first-order valence-electron chi connectivity index (χ1n) is 8.81. The van der Waals surface area contributed by atoms with Crippen molar-refractivity contribution in [3.05, 3.63) is 27.7 Å². The minimum Gasteiger partial charge on any atom is -0.477 e. The maximum absolute atomic E-state index is 12.5. The van der Waals surface area contributed by atoms with E-state index in [1.807, 2.05) is 0 Å². The molecular weight excluding hydrogens is 500 g/mol. The summed E-state index contributed by atoms with van der Waals surface area (Å²) >= 11 is 4.40. The molecule has 0 aromatic carbocycles. The second-order valence-electron chi connectivity index (χ2n) is 6.46. The van der Waals surface area contributed by atoms with Gasteiger partial charge in [-0.25, -0.2) is 4.79 Å². The van der Waals surface area contributed by atoms with Crippen LogP contribution in [0.25, 0.3) is 0 Å². The average Bonchev–Trinajstić information content (AvgIpc) is 3.15. The van der Waals surface area contributed by atoms with E-state index in [4.69, 9.17) is 14.1 Å². The Bertz CT molecular complexity index is 991. The number of oxime groups is 1. The normalized spacial score (nSPS) is 20.7. The molecule has 1 aromatic heterocycles. The van der Waals surface area contributed by atoms with E-state index in [1.54, 1.807) is 13.0 Å². The molecular formula is C17H17BrN4O8S. The first-order valence-corrected chi connectivity index (χ1v) is 10.6. The Morgan fingerprint density at radius 3 is 2.81 bits per heavy atom. The van der Waals surface area contributed by atoms with E-state index in [1.165, 1.54) is 18.7 Å². The van der Waals surface area contributed by atoms with Crippen LogP contribution in [0.15, 0.2) is 31.6 Å². The number of hydrogen-bond donors (Lipinski definition) is 2. The molecule has 12 nitrogen and oxygen atoms in total. The number of esters is 1. The summed E-state index contributed by atoms with van der Waals surface area (Å²) in [5, 5.41) is 18.8. The van der Waals surface area contributed by atoms with Gasteiger partial charge in [-0.05, 0) is 22.9 Å². The van der Waals surface area contributed by atoms with Gasteiger partial charge in [-0.3, -0.25) is 19.3 Å². The van der Waals surface area contributed by atoms with E-state index in [-0.39, 0.29) is 18.1 Å². The van der Waals surface area contributed by atoms with Gasteiger partial charge in [0.25, 0.3) is 11.8 Å². The summed E-state index contributed by atoms with van der Waals surface area (Å²) in [5.41, 5.74) is 0.445. The van der Waals surface area contributed by atoms with Crippen LogP contribution in [0, 0.1) is 0 Å². The summed E-state index contributed by atoms with van der Waals surface area (Å²) in [6.45, 7) is 2.14. The molecule has 0 unspecified atom stereocenters. The third-order valence-electron chi connectivity index (χ3n) is 4.25. The number of nitrogens with one attached hydrogen (secondary N) is 1. The fourth-order valence-corrected chi connectivity index (χ4v) is 4.46. The number of rotatable bonds is 8. The topological polar surface area (TPSA) is 161 Å². The minimum absolute atomic E-state index is 0.218. The van der Waals surface area contributed by atoms with Gasteiger partial charge in [0, 0.05) is 24.3 Å². The smallest absolute Gasteiger partial charge is 0.352 e. The van der Waals surface area contributed by atoms with Gasteiger partial charge in [0.15, 0.2) is 12.4 Å². The molecule has 2 aliphatic heterocycles.